The van der Waals surface area contributed by atoms with E-state index in [9.17, 15) is 4.79 Å². The van der Waals surface area contributed by atoms with Crippen molar-refractivity contribution >= 4 is 17.1 Å². The first-order valence-corrected chi connectivity index (χ1v) is 8.31. The summed E-state index contributed by atoms with van der Waals surface area (Å²) in [5, 5.41) is -0.200. The number of ether oxygens (including phenoxy) is 1. The molecule has 114 valence electrons. The lowest BCUT2D eigenvalue weighted by molar-refractivity contribution is 0.171. The third-order valence-electron chi connectivity index (χ3n) is 3.72. The zero-order valence-electron chi connectivity index (χ0n) is 13.1. The van der Waals surface area contributed by atoms with E-state index in [-0.39, 0.29) is 16.0 Å². The molecule has 0 bridgehead atoms. The standard InChI is InChI=1S/C19H20O2S/c1-19(2,3)22-18(20)21-12-17-15-10-6-4-8-13(15)14-9-5-7-11-16(14)17/h4-11,17H,12H2,1-3H3. The monoisotopic (exact) mass is 312 g/mol. The van der Waals surface area contributed by atoms with E-state index in [1.165, 1.54) is 34.0 Å². The first-order chi connectivity index (χ1) is 10.5. The lowest BCUT2D eigenvalue weighted by atomic mass is 9.98. The topological polar surface area (TPSA) is 26.3 Å². The minimum Gasteiger partial charge on any atom is -0.457 e. The van der Waals surface area contributed by atoms with Crippen LogP contribution in [0.15, 0.2) is 48.5 Å². The van der Waals surface area contributed by atoms with Crippen molar-refractivity contribution in [3.05, 3.63) is 59.7 Å². The molecule has 2 nitrogen and oxygen atoms in total. The molecule has 0 atom stereocenters. The van der Waals surface area contributed by atoms with E-state index in [2.05, 4.69) is 36.4 Å². The highest BCUT2D eigenvalue weighted by molar-refractivity contribution is 8.14. The van der Waals surface area contributed by atoms with Gasteiger partial charge in [-0.05, 0) is 34.0 Å². The number of fused-ring (bicyclic) bond motifs is 3. The molecule has 2 aromatic rings. The lowest BCUT2D eigenvalue weighted by Gasteiger charge is -2.18. The normalized spacial score (nSPS) is 13.6. The summed E-state index contributed by atoms with van der Waals surface area (Å²) < 4.78 is 5.42. The van der Waals surface area contributed by atoms with Crippen LogP contribution in [0.1, 0.15) is 37.8 Å². The van der Waals surface area contributed by atoms with E-state index in [0.717, 1.165) is 0 Å². The molecule has 0 saturated heterocycles. The van der Waals surface area contributed by atoms with E-state index in [1.54, 1.807) is 0 Å². The number of hydrogen-bond donors (Lipinski definition) is 0. The van der Waals surface area contributed by atoms with Gasteiger partial charge in [0.25, 0.3) is 0 Å². The second-order valence-electron chi connectivity index (χ2n) is 6.50. The van der Waals surface area contributed by atoms with Crippen molar-refractivity contribution in [1.29, 1.82) is 0 Å². The molecule has 22 heavy (non-hydrogen) atoms. The molecule has 0 saturated carbocycles. The molecule has 0 heterocycles. The molecule has 0 aromatic heterocycles. The molecule has 0 N–H and O–H groups in total. The van der Waals surface area contributed by atoms with Gasteiger partial charge in [0.05, 0.1) is 0 Å². The predicted octanol–water partition coefficient (Wildman–Crippen LogP) is 5.47. The van der Waals surface area contributed by atoms with Gasteiger partial charge in [-0.25, -0.2) is 4.79 Å². The fourth-order valence-corrected chi connectivity index (χ4v) is 3.50. The summed E-state index contributed by atoms with van der Waals surface area (Å²) in [6, 6.07) is 16.7. The number of hydrogen-bond acceptors (Lipinski definition) is 3. The Labute approximate surface area is 135 Å². The Morgan fingerprint density at radius 2 is 1.50 bits per heavy atom. The van der Waals surface area contributed by atoms with Crippen LogP contribution in [0, 0.1) is 0 Å². The van der Waals surface area contributed by atoms with Crippen LogP contribution in [-0.2, 0) is 4.74 Å². The van der Waals surface area contributed by atoms with Crippen molar-refractivity contribution in [3.8, 4) is 11.1 Å². The summed E-state index contributed by atoms with van der Waals surface area (Å²) in [5.41, 5.74) is 5.00. The smallest absolute Gasteiger partial charge is 0.367 e. The average Bonchev–Trinajstić information content (AvgIpc) is 2.78. The maximum Gasteiger partial charge on any atom is 0.367 e. The van der Waals surface area contributed by atoms with Gasteiger partial charge in [0.2, 0.25) is 0 Å². The van der Waals surface area contributed by atoms with Crippen LogP contribution in [0.3, 0.4) is 0 Å². The first-order valence-electron chi connectivity index (χ1n) is 7.50. The third-order valence-corrected chi connectivity index (χ3v) is 4.62. The molecule has 1 aliphatic rings. The van der Waals surface area contributed by atoms with E-state index >= 15 is 0 Å². The van der Waals surface area contributed by atoms with Crippen LogP contribution in [0.2, 0.25) is 0 Å². The zero-order valence-corrected chi connectivity index (χ0v) is 13.9. The summed E-state index contributed by atoms with van der Waals surface area (Å²) in [7, 11) is 0. The Kier molecular flexibility index (Phi) is 4.00. The number of carbonyl (C=O) groups excluding carboxylic acids is 1. The fourth-order valence-electron chi connectivity index (χ4n) is 2.87. The Hall–Kier alpha value is -1.74. The van der Waals surface area contributed by atoms with E-state index in [1.807, 2.05) is 32.9 Å². The van der Waals surface area contributed by atoms with Gasteiger partial charge in [-0.1, -0.05) is 69.3 Å². The fraction of sp³-hybridized carbons (Fsp3) is 0.316. The predicted molar refractivity (Wildman–Crippen MR) is 92.4 cm³/mol. The summed E-state index contributed by atoms with van der Waals surface area (Å²) in [4.78, 5) is 12.0. The minimum atomic E-state index is -0.200. The molecule has 0 aliphatic heterocycles. The maximum atomic E-state index is 12.0. The van der Waals surface area contributed by atoms with Crippen molar-refractivity contribution in [2.45, 2.75) is 31.4 Å². The van der Waals surface area contributed by atoms with Crippen LogP contribution in [0.5, 0.6) is 0 Å². The van der Waals surface area contributed by atoms with Crippen molar-refractivity contribution in [1.82, 2.24) is 0 Å². The van der Waals surface area contributed by atoms with Crippen LogP contribution in [0.25, 0.3) is 11.1 Å². The highest BCUT2D eigenvalue weighted by Gasteiger charge is 2.29. The Morgan fingerprint density at radius 3 is 2.00 bits per heavy atom. The molecule has 0 unspecified atom stereocenters. The highest BCUT2D eigenvalue weighted by atomic mass is 32.2. The third kappa shape index (κ3) is 3.05. The lowest BCUT2D eigenvalue weighted by Crippen LogP contribution is -2.15. The Bertz CT molecular complexity index is 655. The average molecular weight is 312 g/mol. The molecule has 3 heteroatoms. The number of thioether (sulfide) groups is 1. The van der Waals surface area contributed by atoms with Crippen molar-refractivity contribution in [2.24, 2.45) is 0 Å². The maximum absolute atomic E-state index is 12.0. The van der Waals surface area contributed by atoms with E-state index < -0.39 is 0 Å². The van der Waals surface area contributed by atoms with E-state index in [4.69, 9.17) is 4.74 Å². The molecule has 0 radical (unpaired) electrons. The largest absolute Gasteiger partial charge is 0.457 e. The van der Waals surface area contributed by atoms with Gasteiger partial charge in [-0.2, -0.15) is 0 Å². The number of carbonyl (C=O) groups is 1. The number of rotatable bonds is 2. The minimum absolute atomic E-state index is 0.122. The Balaban J connectivity index is 1.81. The van der Waals surface area contributed by atoms with Crippen LogP contribution in [0.4, 0.5) is 4.79 Å². The van der Waals surface area contributed by atoms with Crippen LogP contribution >= 0.6 is 11.8 Å². The van der Waals surface area contributed by atoms with Crippen molar-refractivity contribution in [2.75, 3.05) is 6.61 Å². The molecular formula is C19H20O2S. The Morgan fingerprint density at radius 1 is 1.00 bits per heavy atom. The molecule has 0 spiro atoms. The summed E-state index contributed by atoms with van der Waals surface area (Å²) in [6.07, 6.45) is 0. The first kappa shape index (κ1) is 15.2. The van der Waals surface area contributed by atoms with Gasteiger partial charge in [-0.3, -0.25) is 0 Å². The van der Waals surface area contributed by atoms with Crippen molar-refractivity contribution < 1.29 is 9.53 Å². The van der Waals surface area contributed by atoms with Gasteiger partial charge in [-0.15, -0.1) is 0 Å². The second kappa shape index (κ2) is 5.81. The SMILES string of the molecule is CC(C)(C)SC(=O)OCC1c2ccccc2-c2ccccc21. The van der Waals surface area contributed by atoms with Gasteiger partial charge in [0.15, 0.2) is 0 Å². The van der Waals surface area contributed by atoms with Crippen LogP contribution < -0.4 is 0 Å². The van der Waals surface area contributed by atoms with Gasteiger partial charge < -0.3 is 4.74 Å². The van der Waals surface area contributed by atoms with E-state index in [0.29, 0.717) is 6.61 Å². The highest BCUT2D eigenvalue weighted by Crippen LogP contribution is 2.44. The molecule has 0 amide bonds. The summed E-state index contributed by atoms with van der Waals surface area (Å²) in [5.74, 6) is 0.136. The summed E-state index contributed by atoms with van der Waals surface area (Å²) in [6.45, 7) is 6.44. The van der Waals surface area contributed by atoms with Gasteiger partial charge in [0, 0.05) is 10.7 Å². The molecule has 2 aromatic carbocycles. The summed E-state index contributed by atoms with van der Waals surface area (Å²) >= 11 is 1.24. The quantitative estimate of drug-likeness (QED) is 0.688. The molecule has 3 rings (SSSR count). The van der Waals surface area contributed by atoms with Crippen molar-refractivity contribution in [3.63, 3.8) is 0 Å². The van der Waals surface area contributed by atoms with Gasteiger partial charge >= 0.3 is 5.30 Å². The number of benzene rings is 2. The molecule has 1 aliphatic carbocycles. The second-order valence-corrected chi connectivity index (χ2v) is 8.26. The molecular weight excluding hydrogens is 292 g/mol. The molecule has 0 fully saturated rings. The van der Waals surface area contributed by atoms with Gasteiger partial charge in [0.1, 0.15) is 6.61 Å². The zero-order chi connectivity index (χ0) is 15.7. The van der Waals surface area contributed by atoms with Crippen LogP contribution in [-0.4, -0.2) is 16.7 Å².